The second-order valence-corrected chi connectivity index (χ2v) is 52.4. The van der Waals surface area contributed by atoms with E-state index >= 15 is 0 Å². The van der Waals surface area contributed by atoms with Crippen LogP contribution in [0.2, 0.25) is 8.87 Å². The molecule has 0 N–H and O–H groups in total. The minimum atomic E-state index is -1.50. The van der Waals surface area contributed by atoms with Gasteiger partial charge in [-0.25, -0.2) is 0 Å². The zero-order valence-electron chi connectivity index (χ0n) is 7.50. The molecule has 0 saturated carbocycles. The van der Waals surface area contributed by atoms with Crippen molar-refractivity contribution in [2.24, 2.45) is 0 Å². The van der Waals surface area contributed by atoms with Crippen molar-refractivity contribution in [3.05, 3.63) is 0 Å². The first kappa shape index (κ1) is 13.3. The van der Waals surface area contributed by atoms with Crippen molar-refractivity contribution in [3.8, 4) is 0 Å². The van der Waals surface area contributed by atoms with Gasteiger partial charge in [0.1, 0.15) is 0 Å². The summed E-state index contributed by atoms with van der Waals surface area (Å²) in [4.78, 5) is 0. The molecule has 3 heteroatoms. The molecule has 69 valence electrons. The molecule has 0 rings (SSSR count). The Hall–Kier alpha value is 2.26. The fourth-order valence-electron chi connectivity index (χ4n) is 0.996. The van der Waals surface area contributed by atoms with Gasteiger partial charge in [-0.1, -0.05) is 0 Å². The number of hydrogen-bond acceptors (Lipinski definition) is 0. The molecule has 0 heterocycles. The summed E-state index contributed by atoms with van der Waals surface area (Å²) < 4.78 is 3.18. The molecule has 0 saturated heterocycles. The molecule has 0 aliphatic carbocycles. The molecule has 0 radical (unpaired) electrons. The third-order valence-corrected chi connectivity index (χ3v) is 22.5. The van der Waals surface area contributed by atoms with E-state index in [2.05, 4.69) is 51.1 Å². The van der Waals surface area contributed by atoms with Gasteiger partial charge in [0, 0.05) is 0 Å². The van der Waals surface area contributed by atoms with E-state index in [0.717, 1.165) is 0 Å². The van der Waals surface area contributed by atoms with Crippen LogP contribution < -0.4 is 0 Å². The predicted octanol–water partition coefficient (Wildman–Crippen LogP) is 4.90. The van der Waals surface area contributed by atoms with Gasteiger partial charge in [-0.15, -0.1) is 0 Å². The van der Waals surface area contributed by atoms with Crippen LogP contribution in [-0.2, 0) is 0 Å². The van der Waals surface area contributed by atoms with Crippen LogP contribution in [0.4, 0.5) is 0 Å². The van der Waals surface area contributed by atoms with Gasteiger partial charge < -0.3 is 0 Å². The fourth-order valence-corrected chi connectivity index (χ4v) is 16.9. The van der Waals surface area contributed by atoms with E-state index in [0.29, 0.717) is 0 Å². The molecule has 0 bridgehead atoms. The molecule has 0 spiro atoms. The molecule has 0 amide bonds. The van der Waals surface area contributed by atoms with Crippen molar-refractivity contribution in [3.63, 3.8) is 0 Å². The van der Waals surface area contributed by atoms with Gasteiger partial charge in [-0.2, -0.15) is 0 Å². The molecule has 0 aliphatic heterocycles. The summed E-state index contributed by atoms with van der Waals surface area (Å²) >= 11 is 5.64. The van der Waals surface area contributed by atoms with Crippen LogP contribution in [0.3, 0.4) is 0 Å². The van der Waals surface area contributed by atoms with Gasteiger partial charge >= 0.3 is 96.1 Å². The Morgan fingerprint density at radius 2 is 1.27 bits per heavy atom. The van der Waals surface area contributed by atoms with Crippen molar-refractivity contribution in [2.75, 3.05) is 0 Å². The Bertz CT molecular complexity index is 84.1. The van der Waals surface area contributed by atoms with Crippen LogP contribution in [0.5, 0.6) is 0 Å². The minimum absolute atomic E-state index is 1.39. The molecular weight excluding hydrogens is 469 g/mol. The van der Waals surface area contributed by atoms with E-state index in [1.807, 2.05) is 0 Å². The predicted molar refractivity (Wildman–Crippen MR) is 73.2 cm³/mol. The molecular formula is C8H18I2Sn-. The zero-order chi connectivity index (χ0) is 8.74. The van der Waals surface area contributed by atoms with E-state index in [1.165, 1.54) is 25.7 Å². The second-order valence-electron chi connectivity index (χ2n) is 3.06. The Morgan fingerprint density at radius 3 is 1.55 bits per heavy atom. The standard InChI is InChI=1S/2C4H9.2HI.Sn/c2*1-3-4-2;;;/h2*1,3-4H2,2H3;2*1H;/q;;;;+1/p-2. The summed E-state index contributed by atoms with van der Waals surface area (Å²) in [6.07, 6.45) is 5.73. The normalized spacial score (nSPS) is 12.0. The van der Waals surface area contributed by atoms with Gasteiger partial charge in [0.25, 0.3) is 0 Å². The number of rotatable bonds is 6. The Balaban J connectivity index is 3.43. The summed E-state index contributed by atoms with van der Waals surface area (Å²) in [5.74, 6) is 0. The van der Waals surface area contributed by atoms with Crippen molar-refractivity contribution in [2.45, 2.75) is 48.4 Å². The Kier molecular flexibility index (Phi) is 9.21. The SMILES string of the molecule is CCC[CH2][Sn-]([I])([I])[CH2]CCC. The quantitative estimate of drug-likeness (QED) is 0.370. The summed E-state index contributed by atoms with van der Waals surface area (Å²) in [6.45, 7) is 4.60. The second kappa shape index (κ2) is 7.64. The maximum atomic E-state index is 2.82. The van der Waals surface area contributed by atoms with E-state index in [1.54, 1.807) is 8.87 Å². The Labute approximate surface area is 94.5 Å². The van der Waals surface area contributed by atoms with Crippen LogP contribution in [-0.4, -0.2) is 10.4 Å². The van der Waals surface area contributed by atoms with Gasteiger partial charge in [-0.05, 0) is 0 Å². The van der Waals surface area contributed by atoms with Crippen LogP contribution in [0.15, 0.2) is 0 Å². The van der Waals surface area contributed by atoms with E-state index in [-0.39, 0.29) is 0 Å². The van der Waals surface area contributed by atoms with Gasteiger partial charge in [-0.3, -0.25) is 0 Å². The summed E-state index contributed by atoms with van der Waals surface area (Å²) in [7, 11) is -1.50. The van der Waals surface area contributed by atoms with Gasteiger partial charge in [0.05, 0.1) is 0 Å². The van der Waals surface area contributed by atoms with Crippen LogP contribution in [0, 0.1) is 0 Å². The average Bonchev–Trinajstić information content (AvgIpc) is 1.97. The molecule has 0 aliphatic rings. The average molecular weight is 487 g/mol. The molecule has 11 heavy (non-hydrogen) atoms. The third kappa shape index (κ3) is 8.59. The summed E-state index contributed by atoms with van der Waals surface area (Å²) in [6, 6.07) is 0. The first-order valence-corrected chi connectivity index (χ1v) is 25.2. The Morgan fingerprint density at radius 1 is 0.909 bits per heavy atom. The van der Waals surface area contributed by atoms with Crippen LogP contribution in [0.25, 0.3) is 0 Å². The molecule has 0 nitrogen and oxygen atoms in total. The van der Waals surface area contributed by atoms with Gasteiger partial charge in [0.2, 0.25) is 0 Å². The first-order chi connectivity index (χ1) is 5.12. The first-order valence-electron chi connectivity index (χ1n) is 4.50. The molecule has 0 fully saturated rings. The number of halogens is 2. The van der Waals surface area contributed by atoms with Gasteiger partial charge in [0.15, 0.2) is 0 Å². The molecule has 0 atom stereocenters. The third-order valence-electron chi connectivity index (χ3n) is 1.79. The molecule has 0 aromatic carbocycles. The summed E-state index contributed by atoms with van der Waals surface area (Å²) in [5.41, 5.74) is 0. The number of unbranched alkanes of at least 4 members (excludes halogenated alkanes) is 2. The van der Waals surface area contributed by atoms with E-state index in [9.17, 15) is 0 Å². The van der Waals surface area contributed by atoms with Crippen molar-refractivity contribution >= 4 is 47.7 Å². The van der Waals surface area contributed by atoms with E-state index in [4.69, 9.17) is 0 Å². The van der Waals surface area contributed by atoms with Crippen molar-refractivity contribution < 1.29 is 0 Å². The topological polar surface area (TPSA) is 0 Å². The number of hydrogen-bond donors (Lipinski definition) is 0. The van der Waals surface area contributed by atoms with E-state index < -0.39 is 10.4 Å². The zero-order valence-corrected chi connectivity index (χ0v) is 14.7. The van der Waals surface area contributed by atoms with Crippen LogP contribution in [0.1, 0.15) is 39.5 Å². The maximum absolute atomic E-state index is 2.82. The molecule has 0 aromatic heterocycles. The van der Waals surface area contributed by atoms with Crippen molar-refractivity contribution in [1.82, 2.24) is 0 Å². The van der Waals surface area contributed by atoms with Crippen molar-refractivity contribution in [1.29, 1.82) is 0 Å². The fraction of sp³-hybridized carbons (Fsp3) is 1.00. The van der Waals surface area contributed by atoms with Crippen LogP contribution >= 0.6 is 37.3 Å². The molecule has 0 unspecified atom stereocenters. The monoisotopic (exact) mass is 488 g/mol. The molecule has 0 aromatic rings. The summed E-state index contributed by atoms with van der Waals surface area (Å²) in [5, 5.41) is 0.